The Morgan fingerprint density at radius 2 is 1.88 bits per heavy atom. The molecule has 2 heterocycles. The number of aryl methyl sites for hydroxylation is 1. The molecule has 1 aliphatic rings. The van der Waals surface area contributed by atoms with Gasteiger partial charge >= 0.3 is 5.97 Å². The van der Waals surface area contributed by atoms with Gasteiger partial charge in [0.15, 0.2) is 11.7 Å². The predicted molar refractivity (Wildman–Crippen MR) is 126 cm³/mol. The van der Waals surface area contributed by atoms with Crippen LogP contribution >= 0.6 is 15.9 Å². The van der Waals surface area contributed by atoms with Crippen LogP contribution in [-0.4, -0.2) is 33.8 Å². The topological polar surface area (TPSA) is 86.1 Å². The molecule has 4 rings (SSSR count). The Morgan fingerprint density at radius 3 is 2.44 bits per heavy atom. The summed E-state index contributed by atoms with van der Waals surface area (Å²) >= 11 is 3.40. The number of pyridine rings is 1. The Balaban J connectivity index is 1.80. The Hall–Kier alpha value is -2.74. The van der Waals surface area contributed by atoms with E-state index in [2.05, 4.69) is 42.0 Å². The minimum Gasteiger partial charge on any atom is -0.467 e. The van der Waals surface area contributed by atoms with Gasteiger partial charge in [0.25, 0.3) is 5.91 Å². The molecule has 168 valence electrons. The van der Waals surface area contributed by atoms with Crippen molar-refractivity contribution in [2.45, 2.75) is 58.0 Å². The van der Waals surface area contributed by atoms with Gasteiger partial charge in [0.05, 0.1) is 29.3 Å². The smallest absolute Gasteiger partial charge is 0.333 e. The van der Waals surface area contributed by atoms with Crippen molar-refractivity contribution in [1.29, 1.82) is 0 Å². The van der Waals surface area contributed by atoms with E-state index in [1.54, 1.807) is 12.1 Å². The molecule has 1 fully saturated rings. The molecule has 0 radical (unpaired) electrons. The fourth-order valence-corrected chi connectivity index (χ4v) is 4.07. The number of nitrogens with one attached hydrogen (secondary N) is 1. The average Bonchev–Trinajstić information content (AvgIpc) is 3.54. The summed E-state index contributed by atoms with van der Waals surface area (Å²) < 4.78 is 7.73. The normalized spacial score (nSPS) is 14.9. The zero-order chi connectivity index (χ0) is 23.2. The molecule has 32 heavy (non-hydrogen) atoms. The fraction of sp³-hybridized carbons (Fsp3) is 0.417. The predicted octanol–water partition coefficient (Wildman–Crippen LogP) is 4.78. The maximum absolute atomic E-state index is 13.5. The lowest BCUT2D eigenvalue weighted by atomic mass is 10.0. The number of carbonyl (C=O) groups excluding carboxylic acids is 2. The number of esters is 1. The summed E-state index contributed by atoms with van der Waals surface area (Å²) in [6, 6.07) is 8.15. The van der Waals surface area contributed by atoms with Crippen LogP contribution in [0.15, 0.2) is 34.8 Å². The molecule has 0 spiro atoms. The van der Waals surface area contributed by atoms with Gasteiger partial charge in [-0.05, 0) is 64.3 Å². The molecule has 0 aliphatic heterocycles. The summed E-state index contributed by atoms with van der Waals surface area (Å²) in [5, 5.41) is 8.29. The number of amides is 1. The monoisotopic (exact) mass is 498 g/mol. The molecule has 1 atom stereocenters. The summed E-state index contributed by atoms with van der Waals surface area (Å²) in [4.78, 5) is 31.0. The SMILES string of the molecule is COC(=O)C(NC(=O)c1cc(C2CC2)nc2c1c(C)nn2C(C)(C)C)c1ccc(Br)cc1. The first-order valence-electron chi connectivity index (χ1n) is 10.6. The minimum atomic E-state index is -0.925. The van der Waals surface area contributed by atoms with E-state index in [-0.39, 0.29) is 11.4 Å². The largest absolute Gasteiger partial charge is 0.467 e. The van der Waals surface area contributed by atoms with Crippen LogP contribution in [0.2, 0.25) is 0 Å². The Kier molecular flexibility index (Phi) is 5.83. The molecule has 1 unspecified atom stereocenters. The lowest BCUT2D eigenvalue weighted by molar-refractivity contribution is -0.143. The number of rotatable bonds is 5. The highest BCUT2D eigenvalue weighted by Crippen LogP contribution is 2.41. The zero-order valence-electron chi connectivity index (χ0n) is 18.9. The van der Waals surface area contributed by atoms with Crippen molar-refractivity contribution in [1.82, 2.24) is 20.1 Å². The number of methoxy groups -OCH3 is 1. The summed E-state index contributed by atoms with van der Waals surface area (Å²) in [7, 11) is 1.31. The molecule has 1 aliphatic carbocycles. The molecule has 3 aromatic rings. The van der Waals surface area contributed by atoms with Gasteiger partial charge in [-0.1, -0.05) is 28.1 Å². The third-order valence-corrected chi connectivity index (χ3v) is 6.15. The molecular formula is C24H27BrN4O3. The first kappa shape index (κ1) is 22.5. The molecule has 8 heteroatoms. The number of ether oxygens (including phenoxy) is 1. The number of fused-ring (bicyclic) bond motifs is 1. The van der Waals surface area contributed by atoms with E-state index < -0.39 is 12.0 Å². The first-order chi connectivity index (χ1) is 15.1. The lowest BCUT2D eigenvalue weighted by Crippen LogP contribution is -2.34. The van der Waals surface area contributed by atoms with Gasteiger partial charge in [-0.25, -0.2) is 14.5 Å². The molecule has 7 nitrogen and oxygen atoms in total. The van der Waals surface area contributed by atoms with Crippen molar-refractivity contribution in [3.05, 3.63) is 57.3 Å². The Labute approximate surface area is 195 Å². The number of hydrogen-bond acceptors (Lipinski definition) is 5. The van der Waals surface area contributed by atoms with Gasteiger partial charge in [-0.15, -0.1) is 0 Å². The first-order valence-corrected chi connectivity index (χ1v) is 11.4. The van der Waals surface area contributed by atoms with Crippen LogP contribution in [0.5, 0.6) is 0 Å². The molecule has 0 saturated heterocycles. The molecule has 1 amide bonds. The van der Waals surface area contributed by atoms with E-state index in [1.807, 2.05) is 29.8 Å². The van der Waals surface area contributed by atoms with Crippen molar-refractivity contribution < 1.29 is 14.3 Å². The number of nitrogens with zero attached hydrogens (tertiary/aromatic N) is 3. The van der Waals surface area contributed by atoms with Crippen molar-refractivity contribution in [2.24, 2.45) is 0 Å². The van der Waals surface area contributed by atoms with E-state index in [1.165, 1.54) is 7.11 Å². The van der Waals surface area contributed by atoms with Crippen LogP contribution in [0.25, 0.3) is 11.0 Å². The van der Waals surface area contributed by atoms with E-state index in [0.717, 1.165) is 28.7 Å². The molecule has 1 saturated carbocycles. The van der Waals surface area contributed by atoms with Crippen molar-refractivity contribution in [3.8, 4) is 0 Å². The van der Waals surface area contributed by atoms with Crippen molar-refractivity contribution in [2.75, 3.05) is 7.11 Å². The van der Waals surface area contributed by atoms with E-state index in [9.17, 15) is 9.59 Å². The second-order valence-electron chi connectivity index (χ2n) is 9.22. The Bertz CT molecular complexity index is 1190. The van der Waals surface area contributed by atoms with Gasteiger partial charge in [0.2, 0.25) is 0 Å². The third kappa shape index (κ3) is 4.28. The number of carbonyl (C=O) groups is 2. The summed E-state index contributed by atoms with van der Waals surface area (Å²) in [5.74, 6) is -0.526. The molecular weight excluding hydrogens is 472 g/mol. The minimum absolute atomic E-state index is 0.290. The standard InChI is InChI=1S/C24H27BrN4O3/c1-13-19-17(12-18(14-6-7-14)26-21(19)29(28-13)24(2,3)4)22(30)27-20(23(31)32-5)15-8-10-16(25)11-9-15/h8-12,14,20H,6-7H2,1-5H3,(H,27,30). The van der Waals surface area contributed by atoms with Gasteiger partial charge in [0, 0.05) is 16.1 Å². The second kappa shape index (κ2) is 8.31. The summed E-state index contributed by atoms with van der Waals surface area (Å²) in [5.41, 5.74) is 3.16. The molecule has 2 aromatic heterocycles. The average molecular weight is 499 g/mol. The van der Waals surface area contributed by atoms with Crippen molar-refractivity contribution in [3.63, 3.8) is 0 Å². The van der Waals surface area contributed by atoms with E-state index >= 15 is 0 Å². The fourth-order valence-electron chi connectivity index (χ4n) is 3.80. The van der Waals surface area contributed by atoms with Gasteiger partial charge in [-0.3, -0.25) is 4.79 Å². The molecule has 0 bridgehead atoms. The van der Waals surface area contributed by atoms with Crippen LogP contribution in [0.3, 0.4) is 0 Å². The van der Waals surface area contributed by atoms with Gasteiger partial charge in [0.1, 0.15) is 0 Å². The maximum Gasteiger partial charge on any atom is 0.333 e. The highest BCUT2D eigenvalue weighted by molar-refractivity contribution is 9.10. The van der Waals surface area contributed by atoms with Crippen LogP contribution in [0.4, 0.5) is 0 Å². The van der Waals surface area contributed by atoms with Gasteiger partial charge in [-0.2, -0.15) is 5.10 Å². The van der Waals surface area contributed by atoms with Crippen LogP contribution in [0.1, 0.15) is 72.9 Å². The lowest BCUT2D eigenvalue weighted by Gasteiger charge is -2.20. The summed E-state index contributed by atoms with van der Waals surface area (Å²) in [6.45, 7) is 8.06. The highest BCUT2D eigenvalue weighted by Gasteiger charge is 2.32. The Morgan fingerprint density at radius 1 is 1.22 bits per heavy atom. The summed E-state index contributed by atoms with van der Waals surface area (Å²) in [6.07, 6.45) is 2.12. The quantitative estimate of drug-likeness (QED) is 0.511. The van der Waals surface area contributed by atoms with Crippen LogP contribution in [-0.2, 0) is 15.1 Å². The number of hydrogen-bond donors (Lipinski definition) is 1. The zero-order valence-corrected chi connectivity index (χ0v) is 20.5. The maximum atomic E-state index is 13.5. The number of aromatic nitrogens is 3. The molecule has 1 aromatic carbocycles. The second-order valence-corrected chi connectivity index (χ2v) is 10.1. The molecule has 1 N–H and O–H groups in total. The van der Waals surface area contributed by atoms with Crippen molar-refractivity contribution >= 4 is 38.8 Å². The number of benzene rings is 1. The number of halogens is 1. The van der Waals surface area contributed by atoms with E-state index in [4.69, 9.17) is 14.8 Å². The van der Waals surface area contributed by atoms with Gasteiger partial charge < -0.3 is 10.1 Å². The van der Waals surface area contributed by atoms with Crippen LogP contribution < -0.4 is 5.32 Å². The third-order valence-electron chi connectivity index (χ3n) is 5.62. The van der Waals surface area contributed by atoms with Crippen LogP contribution in [0, 0.1) is 6.92 Å². The van der Waals surface area contributed by atoms with E-state index in [0.29, 0.717) is 28.1 Å². The highest BCUT2D eigenvalue weighted by atomic mass is 79.9.